The Morgan fingerprint density at radius 3 is 1.86 bits per heavy atom. The molecule has 1 N–H and O–H groups in total. The third-order valence-corrected chi connectivity index (χ3v) is 1.11. The lowest BCUT2D eigenvalue weighted by Crippen LogP contribution is -2.23. The minimum atomic E-state index is -0.148. The SMILES string of the molecule is C=C.C=C.CCOCC(CO)OCC. The smallest absolute Gasteiger partial charge is 0.104 e. The van der Waals surface area contributed by atoms with Gasteiger partial charge in [-0.1, -0.05) is 0 Å². The third kappa shape index (κ3) is 17.4. The molecule has 0 aromatic rings. The van der Waals surface area contributed by atoms with E-state index in [0.717, 1.165) is 0 Å². The van der Waals surface area contributed by atoms with E-state index in [1.54, 1.807) is 0 Å². The quantitative estimate of drug-likeness (QED) is 0.673. The molecule has 1 atom stereocenters. The lowest BCUT2D eigenvalue weighted by atomic mass is 10.4. The second-order valence-corrected chi connectivity index (χ2v) is 1.92. The predicted octanol–water partition coefficient (Wildman–Crippen LogP) is 2.02. The van der Waals surface area contributed by atoms with Crippen molar-refractivity contribution in [3.63, 3.8) is 0 Å². The number of aliphatic hydroxyl groups excluding tert-OH is 1. The molecule has 0 aromatic carbocycles. The highest BCUT2D eigenvalue weighted by atomic mass is 16.5. The number of rotatable bonds is 6. The highest BCUT2D eigenvalue weighted by Crippen LogP contribution is 1.91. The van der Waals surface area contributed by atoms with Crippen molar-refractivity contribution in [1.29, 1.82) is 0 Å². The predicted molar refractivity (Wildman–Crippen MR) is 61.5 cm³/mol. The van der Waals surface area contributed by atoms with Gasteiger partial charge in [-0.15, -0.1) is 26.3 Å². The molecule has 0 amide bonds. The Balaban J connectivity index is -0.000000266. The van der Waals surface area contributed by atoms with Crippen molar-refractivity contribution in [3.8, 4) is 0 Å². The standard InChI is InChI=1S/C7H16O3.2C2H4/c1-3-9-6-7(5-8)10-4-2;2*1-2/h7-8H,3-6H2,1-2H3;2*1-2H2. The fourth-order valence-corrected chi connectivity index (χ4v) is 0.639. The maximum atomic E-state index is 8.68. The first-order valence-electron chi connectivity index (χ1n) is 4.65. The van der Waals surface area contributed by atoms with Crippen molar-refractivity contribution in [1.82, 2.24) is 0 Å². The Kier molecular flexibility index (Phi) is 31.0. The fourth-order valence-electron chi connectivity index (χ4n) is 0.639. The van der Waals surface area contributed by atoms with Crippen molar-refractivity contribution in [2.45, 2.75) is 20.0 Å². The van der Waals surface area contributed by atoms with E-state index in [0.29, 0.717) is 19.8 Å². The van der Waals surface area contributed by atoms with E-state index < -0.39 is 0 Å². The zero-order valence-electron chi connectivity index (χ0n) is 9.50. The Hall–Kier alpha value is -0.640. The molecule has 0 aliphatic heterocycles. The summed E-state index contributed by atoms with van der Waals surface area (Å²) in [6, 6.07) is 0. The molecule has 0 fully saturated rings. The number of hydrogen-bond donors (Lipinski definition) is 1. The molecule has 0 spiro atoms. The average Bonchev–Trinajstić information content (AvgIpc) is 2.29. The van der Waals surface area contributed by atoms with Gasteiger partial charge < -0.3 is 14.6 Å². The van der Waals surface area contributed by atoms with Crippen molar-refractivity contribution < 1.29 is 14.6 Å². The first-order chi connectivity index (χ1) is 6.85. The van der Waals surface area contributed by atoms with E-state index in [2.05, 4.69) is 26.3 Å². The Morgan fingerprint density at radius 2 is 1.57 bits per heavy atom. The molecule has 0 aromatic heterocycles. The van der Waals surface area contributed by atoms with Crippen LogP contribution in [0.5, 0.6) is 0 Å². The number of hydrogen-bond acceptors (Lipinski definition) is 3. The number of ether oxygens (including phenoxy) is 2. The fraction of sp³-hybridized carbons (Fsp3) is 0.636. The van der Waals surface area contributed by atoms with Crippen LogP contribution in [0.25, 0.3) is 0 Å². The van der Waals surface area contributed by atoms with Crippen LogP contribution in [0.2, 0.25) is 0 Å². The van der Waals surface area contributed by atoms with Gasteiger partial charge in [0.15, 0.2) is 0 Å². The van der Waals surface area contributed by atoms with Crippen molar-refractivity contribution in [3.05, 3.63) is 26.3 Å². The van der Waals surface area contributed by atoms with Gasteiger partial charge in [-0.25, -0.2) is 0 Å². The highest BCUT2D eigenvalue weighted by molar-refractivity contribution is 4.51. The molecule has 0 radical (unpaired) electrons. The average molecular weight is 204 g/mol. The van der Waals surface area contributed by atoms with Crippen LogP contribution in [0.15, 0.2) is 26.3 Å². The summed E-state index contributed by atoms with van der Waals surface area (Å²) in [5, 5.41) is 8.68. The van der Waals surface area contributed by atoms with E-state index in [-0.39, 0.29) is 12.7 Å². The molecule has 0 saturated heterocycles. The van der Waals surface area contributed by atoms with Gasteiger partial charge in [0.2, 0.25) is 0 Å². The van der Waals surface area contributed by atoms with Crippen molar-refractivity contribution in [2.75, 3.05) is 26.4 Å². The van der Waals surface area contributed by atoms with Gasteiger partial charge in [-0.3, -0.25) is 0 Å². The van der Waals surface area contributed by atoms with Gasteiger partial charge in [0.05, 0.1) is 13.2 Å². The first-order valence-corrected chi connectivity index (χ1v) is 4.65. The van der Waals surface area contributed by atoms with Crippen molar-refractivity contribution >= 4 is 0 Å². The zero-order valence-corrected chi connectivity index (χ0v) is 9.50. The topological polar surface area (TPSA) is 38.7 Å². The Bertz CT molecular complexity index is 84.6. The maximum Gasteiger partial charge on any atom is 0.104 e. The van der Waals surface area contributed by atoms with Gasteiger partial charge in [0, 0.05) is 13.2 Å². The molecule has 3 heteroatoms. The van der Waals surface area contributed by atoms with Gasteiger partial charge in [-0.2, -0.15) is 0 Å². The molecule has 0 heterocycles. The normalized spacial score (nSPS) is 10.2. The number of aliphatic hydroxyl groups is 1. The molecular formula is C11H24O3. The molecule has 0 bridgehead atoms. The molecule has 0 rings (SSSR count). The van der Waals surface area contributed by atoms with Crippen LogP contribution in [0, 0.1) is 0 Å². The molecule has 86 valence electrons. The summed E-state index contributed by atoms with van der Waals surface area (Å²) in [5.41, 5.74) is 0. The van der Waals surface area contributed by atoms with Gasteiger partial charge in [-0.05, 0) is 13.8 Å². The molecule has 0 saturated carbocycles. The van der Waals surface area contributed by atoms with Crippen LogP contribution in [0.4, 0.5) is 0 Å². The van der Waals surface area contributed by atoms with Crippen LogP contribution in [0.1, 0.15) is 13.8 Å². The third-order valence-electron chi connectivity index (χ3n) is 1.11. The monoisotopic (exact) mass is 204 g/mol. The minimum Gasteiger partial charge on any atom is -0.394 e. The van der Waals surface area contributed by atoms with E-state index >= 15 is 0 Å². The van der Waals surface area contributed by atoms with E-state index in [1.807, 2.05) is 13.8 Å². The van der Waals surface area contributed by atoms with Crippen LogP contribution >= 0.6 is 0 Å². The van der Waals surface area contributed by atoms with Gasteiger partial charge >= 0.3 is 0 Å². The zero-order chi connectivity index (χ0) is 11.8. The summed E-state index contributed by atoms with van der Waals surface area (Å²) >= 11 is 0. The molecule has 1 unspecified atom stereocenters. The summed E-state index contributed by atoms with van der Waals surface area (Å²) in [6.07, 6.45) is -0.148. The second kappa shape index (κ2) is 22.8. The van der Waals surface area contributed by atoms with Crippen molar-refractivity contribution in [2.24, 2.45) is 0 Å². The summed E-state index contributed by atoms with van der Waals surface area (Å²) < 4.78 is 10.2. The Morgan fingerprint density at radius 1 is 1.07 bits per heavy atom. The summed E-state index contributed by atoms with van der Waals surface area (Å²) in [4.78, 5) is 0. The van der Waals surface area contributed by atoms with Crippen LogP contribution < -0.4 is 0 Å². The molecule has 0 aliphatic carbocycles. The van der Waals surface area contributed by atoms with Crippen LogP contribution in [-0.4, -0.2) is 37.6 Å². The lowest BCUT2D eigenvalue weighted by molar-refractivity contribution is -0.0353. The van der Waals surface area contributed by atoms with Crippen LogP contribution in [-0.2, 0) is 9.47 Å². The van der Waals surface area contributed by atoms with E-state index in [9.17, 15) is 0 Å². The molecule has 14 heavy (non-hydrogen) atoms. The first kappa shape index (κ1) is 19.0. The molecule has 3 nitrogen and oxygen atoms in total. The van der Waals surface area contributed by atoms with Gasteiger partial charge in [0.1, 0.15) is 6.10 Å². The summed E-state index contributed by atoms with van der Waals surface area (Å²) in [6.45, 7) is 17.6. The van der Waals surface area contributed by atoms with E-state index in [4.69, 9.17) is 14.6 Å². The highest BCUT2D eigenvalue weighted by Gasteiger charge is 2.04. The van der Waals surface area contributed by atoms with E-state index in [1.165, 1.54) is 0 Å². The Labute approximate surface area is 88.0 Å². The molecule has 0 aliphatic rings. The van der Waals surface area contributed by atoms with Gasteiger partial charge in [0.25, 0.3) is 0 Å². The maximum absolute atomic E-state index is 8.68. The van der Waals surface area contributed by atoms with Crippen LogP contribution in [0.3, 0.4) is 0 Å². The summed E-state index contributed by atoms with van der Waals surface area (Å²) in [7, 11) is 0. The molecular weight excluding hydrogens is 180 g/mol. The second-order valence-electron chi connectivity index (χ2n) is 1.92. The minimum absolute atomic E-state index is 0.0356. The lowest BCUT2D eigenvalue weighted by Gasteiger charge is -2.12. The summed E-state index contributed by atoms with van der Waals surface area (Å²) in [5.74, 6) is 0. The largest absolute Gasteiger partial charge is 0.394 e.